The number of fused-ring (bicyclic) bond motifs is 1. The molecule has 0 unspecified atom stereocenters. The van der Waals surface area contributed by atoms with Crippen LogP contribution in [0.3, 0.4) is 0 Å². The molecule has 0 spiro atoms. The maximum Gasteiger partial charge on any atom is 0.261 e. The molecule has 1 aliphatic rings. The molecule has 1 heterocycles. The first-order chi connectivity index (χ1) is 13.2. The molecule has 0 N–H and O–H groups in total. The van der Waals surface area contributed by atoms with Crippen LogP contribution in [0.4, 0.5) is 0 Å². The van der Waals surface area contributed by atoms with Crippen molar-refractivity contribution in [3.05, 3.63) is 107 Å². The van der Waals surface area contributed by atoms with E-state index in [0.717, 1.165) is 5.56 Å². The zero-order chi connectivity index (χ0) is 18.6. The second-order valence-electron chi connectivity index (χ2n) is 6.18. The Kier molecular flexibility index (Phi) is 4.54. The third-order valence-electron chi connectivity index (χ3n) is 4.31. The number of hydrogen-bond acceptors (Lipinski definition) is 3. The van der Waals surface area contributed by atoms with Gasteiger partial charge in [0.05, 0.1) is 17.7 Å². The summed E-state index contributed by atoms with van der Waals surface area (Å²) >= 11 is 0. The molecule has 1 aliphatic heterocycles. The van der Waals surface area contributed by atoms with E-state index >= 15 is 0 Å². The number of ether oxygens (including phenoxy) is 1. The zero-order valence-electron chi connectivity index (χ0n) is 14.5. The van der Waals surface area contributed by atoms with Crippen LogP contribution in [0.1, 0.15) is 26.3 Å². The summed E-state index contributed by atoms with van der Waals surface area (Å²) in [6.07, 6.45) is 1.84. The fraction of sp³-hybridized carbons (Fsp3) is 0.0435. The molecule has 0 fully saturated rings. The standard InChI is InChI=1S/C23H17NO3/c25-22-20-13-7-8-14-21(20)23(26)24(22)16-19(15-17-9-3-1-4-10-17)27-18-11-5-2-6-12-18/h1-15H,16H2/b19-15-. The van der Waals surface area contributed by atoms with Crippen LogP contribution in [0, 0.1) is 0 Å². The van der Waals surface area contributed by atoms with Gasteiger partial charge in [-0.15, -0.1) is 0 Å². The number of para-hydroxylation sites is 1. The number of nitrogens with zero attached hydrogens (tertiary/aromatic N) is 1. The van der Waals surface area contributed by atoms with Crippen LogP contribution in [-0.2, 0) is 0 Å². The zero-order valence-corrected chi connectivity index (χ0v) is 14.5. The summed E-state index contributed by atoms with van der Waals surface area (Å²) in [7, 11) is 0. The van der Waals surface area contributed by atoms with Crippen molar-refractivity contribution in [3.63, 3.8) is 0 Å². The predicted octanol–water partition coefficient (Wildman–Crippen LogP) is 4.40. The molecule has 0 aliphatic carbocycles. The van der Waals surface area contributed by atoms with Crippen LogP contribution in [0.2, 0.25) is 0 Å². The first-order valence-corrected chi connectivity index (χ1v) is 8.66. The highest BCUT2D eigenvalue weighted by atomic mass is 16.5. The van der Waals surface area contributed by atoms with Crippen LogP contribution in [0.25, 0.3) is 6.08 Å². The van der Waals surface area contributed by atoms with Gasteiger partial charge in [-0.2, -0.15) is 0 Å². The molecular formula is C23H17NO3. The molecular weight excluding hydrogens is 338 g/mol. The first-order valence-electron chi connectivity index (χ1n) is 8.66. The summed E-state index contributed by atoms with van der Waals surface area (Å²) in [5, 5.41) is 0. The van der Waals surface area contributed by atoms with E-state index in [0.29, 0.717) is 22.6 Å². The van der Waals surface area contributed by atoms with Crippen molar-refractivity contribution in [2.24, 2.45) is 0 Å². The molecule has 27 heavy (non-hydrogen) atoms. The molecule has 3 aromatic carbocycles. The van der Waals surface area contributed by atoms with Gasteiger partial charge in [-0.1, -0.05) is 60.7 Å². The van der Waals surface area contributed by atoms with E-state index in [1.165, 1.54) is 4.90 Å². The summed E-state index contributed by atoms with van der Waals surface area (Å²) in [4.78, 5) is 26.6. The molecule has 0 saturated carbocycles. The van der Waals surface area contributed by atoms with E-state index in [-0.39, 0.29) is 18.4 Å². The van der Waals surface area contributed by atoms with Gasteiger partial charge in [0.25, 0.3) is 11.8 Å². The van der Waals surface area contributed by atoms with Crippen molar-refractivity contribution in [3.8, 4) is 5.75 Å². The minimum absolute atomic E-state index is 0.0656. The molecule has 0 bridgehead atoms. The van der Waals surface area contributed by atoms with E-state index in [1.54, 1.807) is 24.3 Å². The number of amides is 2. The minimum atomic E-state index is -0.300. The summed E-state index contributed by atoms with van der Waals surface area (Å²) in [6, 6.07) is 25.8. The van der Waals surface area contributed by atoms with Crippen LogP contribution >= 0.6 is 0 Å². The van der Waals surface area contributed by atoms with Gasteiger partial charge in [-0.25, -0.2) is 0 Å². The molecule has 3 aromatic rings. The average Bonchev–Trinajstić information content (AvgIpc) is 2.95. The lowest BCUT2D eigenvalue weighted by atomic mass is 10.1. The number of carbonyl (C=O) groups excluding carboxylic acids is 2. The number of benzene rings is 3. The van der Waals surface area contributed by atoms with Crippen LogP contribution in [-0.4, -0.2) is 23.3 Å². The van der Waals surface area contributed by atoms with Crippen LogP contribution in [0.5, 0.6) is 5.75 Å². The number of rotatable bonds is 5. The molecule has 0 aromatic heterocycles. The van der Waals surface area contributed by atoms with Crippen molar-refractivity contribution in [1.29, 1.82) is 0 Å². The molecule has 0 saturated heterocycles. The Morgan fingerprint density at radius 2 is 1.26 bits per heavy atom. The number of hydrogen-bond donors (Lipinski definition) is 0. The van der Waals surface area contributed by atoms with Crippen LogP contribution in [0.15, 0.2) is 90.7 Å². The normalized spacial score (nSPS) is 13.6. The largest absolute Gasteiger partial charge is 0.460 e. The van der Waals surface area contributed by atoms with E-state index in [1.807, 2.05) is 66.7 Å². The Balaban J connectivity index is 1.65. The Morgan fingerprint density at radius 1 is 0.741 bits per heavy atom. The maximum atomic E-state index is 12.7. The van der Waals surface area contributed by atoms with Gasteiger partial charge in [0.1, 0.15) is 11.5 Å². The van der Waals surface area contributed by atoms with E-state index in [2.05, 4.69) is 0 Å². The lowest BCUT2D eigenvalue weighted by Crippen LogP contribution is -2.32. The summed E-state index contributed by atoms with van der Waals surface area (Å²) in [5.74, 6) is 0.565. The fourth-order valence-electron chi connectivity index (χ4n) is 3.02. The first kappa shape index (κ1) is 16.8. The van der Waals surface area contributed by atoms with Crippen molar-refractivity contribution in [2.45, 2.75) is 0 Å². The van der Waals surface area contributed by atoms with Gasteiger partial charge >= 0.3 is 0 Å². The van der Waals surface area contributed by atoms with Crippen molar-refractivity contribution >= 4 is 17.9 Å². The Hall–Kier alpha value is -3.66. The second kappa shape index (κ2) is 7.30. The Labute approximate surface area is 157 Å². The number of carbonyl (C=O) groups is 2. The maximum absolute atomic E-state index is 12.7. The van der Waals surface area contributed by atoms with Crippen LogP contribution < -0.4 is 4.74 Å². The van der Waals surface area contributed by atoms with E-state index < -0.39 is 0 Å². The van der Waals surface area contributed by atoms with Crippen molar-refractivity contribution < 1.29 is 14.3 Å². The predicted molar refractivity (Wildman–Crippen MR) is 103 cm³/mol. The molecule has 0 atom stereocenters. The lowest BCUT2D eigenvalue weighted by molar-refractivity contribution is 0.0655. The third kappa shape index (κ3) is 3.51. The van der Waals surface area contributed by atoms with Gasteiger partial charge < -0.3 is 4.74 Å². The highest BCUT2D eigenvalue weighted by molar-refractivity contribution is 6.21. The monoisotopic (exact) mass is 355 g/mol. The fourth-order valence-corrected chi connectivity index (χ4v) is 3.02. The molecule has 0 radical (unpaired) electrons. The summed E-state index contributed by atoms with van der Waals surface area (Å²) in [5.41, 5.74) is 1.79. The molecule has 2 amide bonds. The van der Waals surface area contributed by atoms with Gasteiger partial charge in [-0.05, 0) is 35.9 Å². The molecule has 4 nitrogen and oxygen atoms in total. The van der Waals surface area contributed by atoms with Gasteiger partial charge in [0.15, 0.2) is 0 Å². The smallest absolute Gasteiger partial charge is 0.261 e. The van der Waals surface area contributed by atoms with Crippen molar-refractivity contribution in [1.82, 2.24) is 4.90 Å². The van der Waals surface area contributed by atoms with Gasteiger partial charge in [0, 0.05) is 0 Å². The highest BCUT2D eigenvalue weighted by Crippen LogP contribution is 2.25. The average molecular weight is 355 g/mol. The quantitative estimate of drug-likeness (QED) is 0.503. The lowest BCUT2D eigenvalue weighted by Gasteiger charge is -2.17. The Bertz CT molecular complexity index is 975. The van der Waals surface area contributed by atoms with E-state index in [9.17, 15) is 9.59 Å². The summed E-state index contributed by atoms with van der Waals surface area (Å²) in [6.45, 7) is 0.0656. The van der Waals surface area contributed by atoms with Gasteiger partial charge in [0.2, 0.25) is 0 Å². The van der Waals surface area contributed by atoms with Gasteiger partial charge in [-0.3, -0.25) is 14.5 Å². The molecule has 4 rings (SSSR count). The Morgan fingerprint density at radius 3 is 1.85 bits per heavy atom. The number of imide groups is 1. The highest BCUT2D eigenvalue weighted by Gasteiger charge is 2.35. The topological polar surface area (TPSA) is 46.6 Å². The van der Waals surface area contributed by atoms with Crippen molar-refractivity contribution in [2.75, 3.05) is 6.54 Å². The summed E-state index contributed by atoms with van der Waals surface area (Å²) < 4.78 is 5.99. The SMILES string of the molecule is O=C1c2ccccc2C(=O)N1C/C(=C/c1ccccc1)Oc1ccccc1. The molecule has 132 valence electrons. The second-order valence-corrected chi connectivity index (χ2v) is 6.18. The minimum Gasteiger partial charge on any atom is -0.460 e. The van der Waals surface area contributed by atoms with E-state index in [4.69, 9.17) is 4.74 Å². The molecule has 4 heteroatoms. The third-order valence-corrected chi connectivity index (χ3v) is 4.31.